The minimum Gasteiger partial charge on any atom is -0.656 e. The molecule has 1 aliphatic heterocycles. The van der Waals surface area contributed by atoms with Crippen molar-refractivity contribution in [3.63, 3.8) is 0 Å². The van der Waals surface area contributed by atoms with E-state index in [0.29, 0.717) is 5.92 Å². The first-order valence-corrected chi connectivity index (χ1v) is 12.7. The Hall–Kier alpha value is -0.349. The van der Waals surface area contributed by atoms with Gasteiger partial charge in [0.15, 0.2) is 0 Å². The van der Waals surface area contributed by atoms with Crippen LogP contribution in [-0.2, 0) is 21.7 Å². The van der Waals surface area contributed by atoms with Crippen LogP contribution >= 0.6 is 0 Å². The topological polar surface area (TPSA) is 17.3 Å². The van der Waals surface area contributed by atoms with Crippen molar-refractivity contribution in [2.75, 3.05) is 13.1 Å². The number of allylic oxidation sites excluding steroid dienone is 6. The van der Waals surface area contributed by atoms with E-state index in [1.54, 1.807) is 12.1 Å². The molecule has 156 valence electrons. The van der Waals surface area contributed by atoms with Crippen LogP contribution in [0.3, 0.4) is 0 Å². The molecule has 1 saturated heterocycles. The van der Waals surface area contributed by atoms with Crippen LogP contribution in [0.5, 0.6) is 0 Å². The smallest absolute Gasteiger partial charge is 0.656 e. The summed E-state index contributed by atoms with van der Waals surface area (Å²) >= 11 is 0. The number of fused-ring (bicyclic) bond motifs is 1. The Morgan fingerprint density at radius 1 is 1.04 bits per heavy atom. The Balaban J connectivity index is 0. The van der Waals surface area contributed by atoms with Gasteiger partial charge in [-0.15, -0.1) is 5.54 Å². The second-order valence-electron chi connectivity index (χ2n) is 8.55. The maximum atomic E-state index is 5.25. The Bertz CT molecular complexity index is 588. The van der Waals surface area contributed by atoms with Crippen molar-refractivity contribution in [3.05, 3.63) is 73.6 Å². The van der Waals surface area contributed by atoms with Crippen LogP contribution in [0.4, 0.5) is 0 Å². The quantitative estimate of drug-likeness (QED) is 0.343. The molecule has 2 aliphatic carbocycles. The Morgan fingerprint density at radius 2 is 1.61 bits per heavy atom. The third-order valence-corrected chi connectivity index (χ3v) is 7.92. The fourth-order valence-corrected chi connectivity index (χ4v) is 7.49. The van der Waals surface area contributed by atoms with Crippen LogP contribution in [-0.4, -0.2) is 31.8 Å². The number of hydrogen-bond donors (Lipinski definition) is 0. The van der Waals surface area contributed by atoms with E-state index in [4.69, 9.17) is 4.98 Å². The van der Waals surface area contributed by atoms with Gasteiger partial charge < -0.3 is 31.7 Å². The average molecular weight is 435 g/mol. The molecule has 0 N–H and O–H groups in total. The molecule has 0 aromatic rings. The summed E-state index contributed by atoms with van der Waals surface area (Å²) in [6.07, 6.45) is 15.7. The molecule has 0 bridgehead atoms. The van der Waals surface area contributed by atoms with Gasteiger partial charge in [-0.3, -0.25) is 0 Å². The molecule has 1 heterocycles. The molecule has 3 aliphatic rings. The fraction of sp³-hybridized carbons (Fsp3) is 0.542. The third kappa shape index (κ3) is 7.16. The monoisotopic (exact) mass is 434 g/mol. The van der Waals surface area contributed by atoms with Crippen LogP contribution in [0.15, 0.2) is 46.8 Å². The van der Waals surface area contributed by atoms with E-state index in [0.717, 1.165) is 0 Å². The molecule has 0 amide bonds. The Kier molecular flexibility index (Phi) is 13.2. The Labute approximate surface area is 192 Å². The van der Waals surface area contributed by atoms with Crippen molar-refractivity contribution in [1.29, 1.82) is 0 Å². The molecule has 0 spiro atoms. The third-order valence-electron chi connectivity index (χ3n) is 4.94. The van der Waals surface area contributed by atoms with Gasteiger partial charge in [-0.05, 0) is 39.1 Å². The van der Waals surface area contributed by atoms with E-state index < -0.39 is 8.24 Å². The van der Waals surface area contributed by atoms with Gasteiger partial charge >= 0.3 is 21.7 Å². The molecule has 1 atom stereocenters. The van der Waals surface area contributed by atoms with E-state index in [1.807, 2.05) is 0 Å². The fourth-order valence-electron chi connectivity index (χ4n) is 4.25. The van der Waals surface area contributed by atoms with Gasteiger partial charge in [0, 0.05) is 24.7 Å². The van der Waals surface area contributed by atoms with Crippen molar-refractivity contribution in [3.8, 4) is 0 Å². The first-order valence-electron chi connectivity index (χ1n) is 9.79. The minimum atomic E-state index is -1.80. The second-order valence-corrected chi connectivity index (χ2v) is 12.4. The molecule has 4 heteroatoms. The summed E-state index contributed by atoms with van der Waals surface area (Å²) in [5, 5.41) is 1.54. The van der Waals surface area contributed by atoms with Crippen molar-refractivity contribution in [1.82, 2.24) is 4.90 Å². The number of hydrogen-bond acceptors (Lipinski definition) is 1. The molecule has 1 fully saturated rings. The van der Waals surface area contributed by atoms with Crippen molar-refractivity contribution in [2.24, 2.45) is 5.92 Å². The SMILES string of the molecule is CC(C)(C)[N-][Si](C)(C)C1=C2C=CC=CC2C(N2CCCCC2)=C1.[CH2-]C.[CH3-].[CH3-].[Ti+4]. The molecule has 2 nitrogen and oxygen atoms in total. The summed E-state index contributed by atoms with van der Waals surface area (Å²) in [5.74, 6) is 0.468. The second kappa shape index (κ2) is 12.4. The van der Waals surface area contributed by atoms with Crippen molar-refractivity contribution >= 4 is 8.24 Å². The number of likely N-dealkylation sites (tertiary alicyclic amines) is 1. The molecule has 0 aromatic carbocycles. The zero-order valence-corrected chi connectivity index (χ0v) is 22.2. The molecule has 1 unspecified atom stereocenters. The van der Waals surface area contributed by atoms with Gasteiger partial charge in [-0.2, -0.15) is 6.92 Å². The van der Waals surface area contributed by atoms with E-state index in [9.17, 15) is 0 Å². The molecule has 0 radical (unpaired) electrons. The van der Waals surface area contributed by atoms with E-state index >= 15 is 0 Å². The van der Waals surface area contributed by atoms with Crippen LogP contribution < -0.4 is 0 Å². The largest absolute Gasteiger partial charge is 4.00 e. The minimum absolute atomic E-state index is 0. The summed E-state index contributed by atoms with van der Waals surface area (Å²) in [6, 6.07) is 0. The first kappa shape index (κ1) is 29.8. The summed E-state index contributed by atoms with van der Waals surface area (Å²) in [5.41, 5.74) is 3.08. The van der Waals surface area contributed by atoms with Crippen LogP contribution in [0.1, 0.15) is 47.0 Å². The molecule has 3 rings (SSSR count). The number of nitrogens with zero attached hydrogens (tertiary/aromatic N) is 2. The zero-order chi connectivity index (χ0) is 18.7. The maximum absolute atomic E-state index is 5.25. The van der Waals surface area contributed by atoms with E-state index in [1.165, 1.54) is 43.6 Å². The van der Waals surface area contributed by atoms with Crippen LogP contribution in [0, 0.1) is 27.7 Å². The molecular formula is C24H42N2SiTi. The van der Waals surface area contributed by atoms with Crippen molar-refractivity contribution < 1.29 is 21.7 Å². The molecule has 0 saturated carbocycles. The van der Waals surface area contributed by atoms with Crippen LogP contribution in [0.2, 0.25) is 13.1 Å². The van der Waals surface area contributed by atoms with Gasteiger partial charge in [0.2, 0.25) is 0 Å². The zero-order valence-electron chi connectivity index (χ0n) is 19.6. The maximum Gasteiger partial charge on any atom is 4.00 e. The predicted molar refractivity (Wildman–Crippen MR) is 127 cm³/mol. The Morgan fingerprint density at radius 3 is 2.14 bits per heavy atom. The summed E-state index contributed by atoms with van der Waals surface area (Å²) in [6.45, 7) is 18.9. The standard InChI is InChI=1S/C20H31N2Si.C2H5.2CH3.Ti/c1-20(2,3)21-23(4,5)19-15-18(22-13-9-6-10-14-22)16-11-7-8-12-17(16)19;1-2;;;/h7-8,11-12,15-16H,6,9-10,13-14H2,1-5H3;1H2,2H3;2*1H3;/q4*-1;+4. The number of rotatable bonds is 3. The van der Waals surface area contributed by atoms with Gasteiger partial charge in [0.25, 0.3) is 0 Å². The van der Waals surface area contributed by atoms with E-state index in [2.05, 4.69) is 76.1 Å². The predicted octanol–water partition coefficient (Wildman–Crippen LogP) is 7.06. The first-order chi connectivity index (χ1) is 11.8. The van der Waals surface area contributed by atoms with Crippen LogP contribution in [0.25, 0.3) is 4.98 Å². The van der Waals surface area contributed by atoms with Crippen molar-refractivity contribution in [2.45, 2.75) is 65.6 Å². The normalized spacial score (nSPS) is 20.8. The summed E-state index contributed by atoms with van der Waals surface area (Å²) in [7, 11) is -1.80. The van der Waals surface area contributed by atoms with Gasteiger partial charge in [0.05, 0.1) is 0 Å². The van der Waals surface area contributed by atoms with Gasteiger partial charge in [0.1, 0.15) is 0 Å². The van der Waals surface area contributed by atoms with Gasteiger partial charge in [-0.25, -0.2) is 0 Å². The van der Waals surface area contributed by atoms with Gasteiger partial charge in [-0.1, -0.05) is 63.4 Å². The molecular weight excluding hydrogens is 392 g/mol. The average Bonchev–Trinajstić information content (AvgIpc) is 2.96. The molecule has 0 aromatic heterocycles. The van der Waals surface area contributed by atoms with E-state index in [-0.39, 0.29) is 42.1 Å². The summed E-state index contributed by atoms with van der Waals surface area (Å²) in [4.78, 5) is 7.88. The summed E-state index contributed by atoms with van der Waals surface area (Å²) < 4.78 is 0. The number of piperidine rings is 1. The molecule has 28 heavy (non-hydrogen) atoms.